The van der Waals surface area contributed by atoms with Crippen LogP contribution in [-0.2, 0) is 0 Å². The summed E-state index contributed by atoms with van der Waals surface area (Å²) in [4.78, 5) is 0. The second-order valence-corrected chi connectivity index (χ2v) is 7.32. The molecule has 1 fully saturated rings. The number of nitrogens with one attached hydrogen (secondary N) is 1. The molecular formula is C18H29FN2O. The summed E-state index contributed by atoms with van der Waals surface area (Å²) in [6, 6.07) is 6.54. The third-order valence-electron chi connectivity index (χ3n) is 4.70. The molecule has 0 heterocycles. The second kappa shape index (κ2) is 7.53. The largest absolute Gasteiger partial charge is 0.387 e. The first-order valence-corrected chi connectivity index (χ1v) is 8.30. The highest BCUT2D eigenvalue weighted by Crippen LogP contribution is 2.30. The van der Waals surface area contributed by atoms with Crippen LogP contribution in [0.1, 0.15) is 57.6 Å². The fourth-order valence-corrected chi connectivity index (χ4v) is 3.39. The van der Waals surface area contributed by atoms with Gasteiger partial charge in [-0.05, 0) is 69.6 Å². The number of nitrogens with two attached hydrogens (primary N) is 1. The average molecular weight is 308 g/mol. The fraction of sp³-hybridized carbons (Fsp3) is 0.667. The zero-order valence-corrected chi connectivity index (χ0v) is 13.7. The molecule has 124 valence electrons. The third kappa shape index (κ3) is 5.34. The van der Waals surface area contributed by atoms with Gasteiger partial charge in [0.05, 0.1) is 6.10 Å². The van der Waals surface area contributed by atoms with Gasteiger partial charge in [-0.3, -0.25) is 0 Å². The van der Waals surface area contributed by atoms with Crippen LogP contribution in [0.15, 0.2) is 24.3 Å². The zero-order valence-electron chi connectivity index (χ0n) is 13.7. The smallest absolute Gasteiger partial charge is 0.123 e. The van der Waals surface area contributed by atoms with Crippen LogP contribution in [0.3, 0.4) is 0 Å². The molecule has 3 nitrogen and oxygen atoms in total. The Kier molecular flexibility index (Phi) is 5.95. The van der Waals surface area contributed by atoms with Crippen molar-refractivity contribution < 1.29 is 9.50 Å². The van der Waals surface area contributed by atoms with E-state index in [1.54, 1.807) is 12.1 Å². The maximum Gasteiger partial charge on any atom is 0.123 e. The Hall–Kier alpha value is -0.970. The summed E-state index contributed by atoms with van der Waals surface area (Å²) in [5.41, 5.74) is 6.53. The van der Waals surface area contributed by atoms with E-state index in [1.165, 1.54) is 25.0 Å². The minimum absolute atomic E-state index is 0.0413. The van der Waals surface area contributed by atoms with Gasteiger partial charge in [0, 0.05) is 18.1 Å². The zero-order chi connectivity index (χ0) is 16.2. The van der Waals surface area contributed by atoms with E-state index < -0.39 is 6.10 Å². The van der Waals surface area contributed by atoms with Crippen LogP contribution >= 0.6 is 0 Å². The summed E-state index contributed by atoms with van der Waals surface area (Å²) < 4.78 is 13.2. The van der Waals surface area contributed by atoms with Crippen molar-refractivity contribution in [3.05, 3.63) is 35.6 Å². The van der Waals surface area contributed by atoms with Crippen LogP contribution in [0.2, 0.25) is 0 Å². The monoisotopic (exact) mass is 308 g/mol. The van der Waals surface area contributed by atoms with Crippen LogP contribution in [0.25, 0.3) is 0 Å². The van der Waals surface area contributed by atoms with Crippen LogP contribution in [0.4, 0.5) is 4.39 Å². The van der Waals surface area contributed by atoms with Crippen molar-refractivity contribution in [2.75, 3.05) is 6.54 Å². The normalized spacial score (nSPS) is 24.2. The summed E-state index contributed by atoms with van der Waals surface area (Å²) in [5, 5.41) is 13.6. The first-order valence-electron chi connectivity index (χ1n) is 8.30. The number of aliphatic hydroxyl groups excluding tert-OH is 1. The minimum atomic E-state index is -0.685. The number of aliphatic hydroxyl groups is 1. The van der Waals surface area contributed by atoms with Gasteiger partial charge in [0.25, 0.3) is 0 Å². The number of β-amino-alcohol motifs (C(OH)–C–C–N with tert-alkyl or cyclic N) is 1. The van der Waals surface area contributed by atoms with Crippen molar-refractivity contribution in [1.29, 1.82) is 0 Å². The number of hydrogen-bond donors (Lipinski definition) is 3. The topological polar surface area (TPSA) is 58.3 Å². The number of halogens is 1. The lowest BCUT2D eigenvalue weighted by Gasteiger charge is -2.35. The molecule has 1 atom stereocenters. The molecule has 0 bridgehead atoms. The molecule has 2 rings (SSSR count). The van der Waals surface area contributed by atoms with E-state index in [0.717, 1.165) is 19.3 Å². The first kappa shape index (κ1) is 17.4. The van der Waals surface area contributed by atoms with Gasteiger partial charge in [0.15, 0.2) is 0 Å². The summed E-state index contributed by atoms with van der Waals surface area (Å²) in [5.74, 6) is 0.392. The summed E-state index contributed by atoms with van der Waals surface area (Å²) in [6.07, 6.45) is 5.02. The number of hydrogen-bond acceptors (Lipinski definition) is 3. The third-order valence-corrected chi connectivity index (χ3v) is 4.70. The van der Waals surface area contributed by atoms with Crippen LogP contribution in [-0.4, -0.2) is 23.2 Å². The molecule has 1 aliphatic carbocycles. The van der Waals surface area contributed by atoms with Gasteiger partial charge in [-0.2, -0.15) is 0 Å². The Bertz CT molecular complexity index is 470. The van der Waals surface area contributed by atoms with Gasteiger partial charge in [0.1, 0.15) is 5.82 Å². The quantitative estimate of drug-likeness (QED) is 0.757. The standard InChI is InChI=1S/C18H29FN2O/c1-18(2,11-13-6-8-16(20)9-7-13)21-12-17(22)14-4-3-5-15(19)10-14/h3-5,10,13,16-17,21-22H,6-9,11-12,20H2,1-2H3/t13?,16?,17-/m0/s1. The van der Waals surface area contributed by atoms with Crippen molar-refractivity contribution in [2.24, 2.45) is 11.7 Å². The Morgan fingerprint density at radius 2 is 2.00 bits per heavy atom. The minimum Gasteiger partial charge on any atom is -0.387 e. The number of benzene rings is 1. The van der Waals surface area contributed by atoms with E-state index in [0.29, 0.717) is 24.1 Å². The molecule has 4 N–H and O–H groups in total. The van der Waals surface area contributed by atoms with Crippen molar-refractivity contribution in [2.45, 2.75) is 63.6 Å². The molecule has 22 heavy (non-hydrogen) atoms. The van der Waals surface area contributed by atoms with E-state index in [4.69, 9.17) is 5.73 Å². The molecule has 1 aromatic rings. The van der Waals surface area contributed by atoms with Crippen LogP contribution in [0, 0.1) is 11.7 Å². The molecule has 4 heteroatoms. The van der Waals surface area contributed by atoms with Crippen LogP contribution in [0.5, 0.6) is 0 Å². The van der Waals surface area contributed by atoms with Gasteiger partial charge in [0.2, 0.25) is 0 Å². The van der Waals surface area contributed by atoms with Gasteiger partial charge in [-0.25, -0.2) is 4.39 Å². The Balaban J connectivity index is 1.81. The highest BCUT2D eigenvalue weighted by atomic mass is 19.1. The Morgan fingerprint density at radius 1 is 1.32 bits per heavy atom. The second-order valence-electron chi connectivity index (χ2n) is 7.32. The lowest BCUT2D eigenvalue weighted by Crippen LogP contribution is -2.43. The molecule has 0 amide bonds. The molecule has 0 aromatic heterocycles. The fourth-order valence-electron chi connectivity index (χ4n) is 3.39. The highest BCUT2D eigenvalue weighted by Gasteiger charge is 2.26. The molecule has 1 aromatic carbocycles. The van der Waals surface area contributed by atoms with Crippen molar-refractivity contribution in [1.82, 2.24) is 5.32 Å². The molecule has 1 saturated carbocycles. The molecule has 0 spiro atoms. The lowest BCUT2D eigenvalue weighted by molar-refractivity contribution is 0.150. The SMILES string of the molecule is CC(C)(CC1CCC(N)CC1)NC[C@H](O)c1cccc(F)c1. The van der Waals surface area contributed by atoms with Crippen LogP contribution < -0.4 is 11.1 Å². The van der Waals surface area contributed by atoms with Gasteiger partial charge < -0.3 is 16.2 Å². The van der Waals surface area contributed by atoms with Gasteiger partial charge in [-0.1, -0.05) is 12.1 Å². The van der Waals surface area contributed by atoms with Crippen molar-refractivity contribution in [3.63, 3.8) is 0 Å². The Morgan fingerprint density at radius 3 is 2.64 bits per heavy atom. The summed E-state index contributed by atoms with van der Waals surface area (Å²) >= 11 is 0. The number of rotatable bonds is 6. The molecule has 0 aliphatic heterocycles. The van der Waals surface area contributed by atoms with E-state index >= 15 is 0 Å². The molecular weight excluding hydrogens is 279 g/mol. The van der Waals surface area contributed by atoms with Crippen molar-refractivity contribution in [3.8, 4) is 0 Å². The molecule has 0 saturated heterocycles. The lowest BCUT2D eigenvalue weighted by atomic mass is 9.79. The van der Waals surface area contributed by atoms with E-state index in [1.807, 2.05) is 0 Å². The molecule has 0 unspecified atom stereocenters. The van der Waals surface area contributed by atoms with E-state index in [9.17, 15) is 9.50 Å². The van der Waals surface area contributed by atoms with Gasteiger partial charge in [-0.15, -0.1) is 0 Å². The summed E-state index contributed by atoms with van der Waals surface area (Å²) in [7, 11) is 0. The Labute approximate surface area is 133 Å². The predicted molar refractivity (Wildman–Crippen MR) is 88.0 cm³/mol. The van der Waals surface area contributed by atoms with E-state index in [2.05, 4.69) is 19.2 Å². The maximum absolute atomic E-state index is 13.2. The highest BCUT2D eigenvalue weighted by molar-refractivity contribution is 5.19. The molecule has 0 radical (unpaired) electrons. The first-order chi connectivity index (χ1) is 10.4. The molecule has 1 aliphatic rings. The average Bonchev–Trinajstić information content (AvgIpc) is 2.47. The van der Waals surface area contributed by atoms with Crippen molar-refractivity contribution >= 4 is 0 Å². The van der Waals surface area contributed by atoms with E-state index in [-0.39, 0.29) is 11.4 Å². The summed E-state index contributed by atoms with van der Waals surface area (Å²) in [6.45, 7) is 4.77. The predicted octanol–water partition coefficient (Wildman–Crippen LogP) is 3.13. The van der Waals surface area contributed by atoms with Gasteiger partial charge >= 0.3 is 0 Å². The maximum atomic E-state index is 13.2.